The van der Waals surface area contributed by atoms with Crippen molar-refractivity contribution < 1.29 is 0 Å². The number of nitrogens with zero attached hydrogens (tertiary/aromatic N) is 8. The number of hydrogen-bond acceptors (Lipinski definition) is 6. The van der Waals surface area contributed by atoms with E-state index in [0.29, 0.717) is 17.6 Å². The van der Waals surface area contributed by atoms with Crippen LogP contribution >= 0.6 is 11.8 Å². The Kier molecular flexibility index (Phi) is 5.78. The quantitative estimate of drug-likeness (QED) is 0.332. The van der Waals surface area contributed by atoms with Crippen LogP contribution in [0.2, 0.25) is 0 Å². The van der Waals surface area contributed by atoms with Gasteiger partial charge in [0.1, 0.15) is 6.07 Å². The minimum atomic E-state index is 0.432. The summed E-state index contributed by atoms with van der Waals surface area (Å²) >= 11 is 1.63. The predicted molar refractivity (Wildman–Crippen MR) is 140 cm³/mol. The first-order valence-electron chi connectivity index (χ1n) is 12.2. The number of imidazole rings is 1. The summed E-state index contributed by atoms with van der Waals surface area (Å²) in [5, 5.41) is 19.1. The van der Waals surface area contributed by atoms with Crippen LogP contribution in [-0.4, -0.2) is 53.8 Å². The Morgan fingerprint density at radius 2 is 1.92 bits per heavy atom. The number of aromatic nitrogens is 6. The topological polar surface area (TPSA) is 79.5 Å². The zero-order chi connectivity index (χ0) is 24.8. The van der Waals surface area contributed by atoms with Gasteiger partial charge in [-0.2, -0.15) is 15.5 Å². The third-order valence-corrected chi connectivity index (χ3v) is 8.52. The second-order valence-electron chi connectivity index (χ2n) is 9.73. The Balaban J connectivity index is 1.40. The van der Waals surface area contributed by atoms with E-state index in [-0.39, 0.29) is 0 Å². The molecular formula is C27H28N8S. The molecule has 1 aliphatic carbocycles. The van der Waals surface area contributed by atoms with E-state index in [1.54, 1.807) is 24.3 Å². The van der Waals surface area contributed by atoms with E-state index in [4.69, 9.17) is 5.10 Å². The Morgan fingerprint density at radius 3 is 2.69 bits per heavy atom. The summed E-state index contributed by atoms with van der Waals surface area (Å²) in [5.41, 5.74) is 5.73. The summed E-state index contributed by atoms with van der Waals surface area (Å²) in [5.74, 6) is 0. The standard InChI is InChI=1S/C27H28N8S/c1-18-23(14-31-35(18)22-8-6-21(7-9-22)32(2)3)19-11-26(27-20(12-28)13-30-34(27)16-19)36-25-5-4-10-33-17-29-15-24(25)33/h4-5,10-11,13-17,21-22H,6-9H2,1-3H3. The van der Waals surface area contributed by atoms with Crippen molar-refractivity contribution in [1.82, 2.24) is 33.7 Å². The molecule has 0 unspecified atom stereocenters. The van der Waals surface area contributed by atoms with Crippen LogP contribution in [0.25, 0.3) is 22.2 Å². The molecule has 36 heavy (non-hydrogen) atoms. The molecule has 0 aromatic carbocycles. The Morgan fingerprint density at radius 1 is 1.08 bits per heavy atom. The van der Waals surface area contributed by atoms with Crippen LogP contribution in [0.4, 0.5) is 0 Å². The molecule has 182 valence electrons. The van der Waals surface area contributed by atoms with Gasteiger partial charge in [0.2, 0.25) is 0 Å². The molecule has 8 nitrogen and oxygen atoms in total. The smallest absolute Gasteiger partial charge is 0.103 e. The van der Waals surface area contributed by atoms with E-state index in [2.05, 4.69) is 58.9 Å². The normalized spacial score (nSPS) is 18.3. The van der Waals surface area contributed by atoms with E-state index in [9.17, 15) is 5.26 Å². The van der Waals surface area contributed by atoms with Crippen LogP contribution in [0.3, 0.4) is 0 Å². The molecule has 0 N–H and O–H groups in total. The Labute approximate surface area is 214 Å². The number of hydrogen-bond donors (Lipinski definition) is 0. The van der Waals surface area contributed by atoms with Crippen molar-refractivity contribution >= 4 is 22.8 Å². The van der Waals surface area contributed by atoms with Crippen LogP contribution in [-0.2, 0) is 0 Å². The van der Waals surface area contributed by atoms with Crippen molar-refractivity contribution in [2.45, 2.75) is 54.5 Å². The molecule has 5 aromatic heterocycles. The maximum Gasteiger partial charge on any atom is 0.103 e. The fourth-order valence-corrected chi connectivity index (χ4v) is 6.55. The number of fused-ring (bicyclic) bond motifs is 2. The van der Waals surface area contributed by atoms with Gasteiger partial charge in [0, 0.05) is 45.0 Å². The fourth-order valence-electron chi connectivity index (χ4n) is 5.41. The fraction of sp³-hybridized carbons (Fsp3) is 0.333. The van der Waals surface area contributed by atoms with Crippen LogP contribution in [0, 0.1) is 18.3 Å². The zero-order valence-electron chi connectivity index (χ0n) is 20.7. The van der Waals surface area contributed by atoms with Crippen molar-refractivity contribution in [3.63, 3.8) is 0 Å². The molecule has 0 amide bonds. The average molecular weight is 497 g/mol. The van der Waals surface area contributed by atoms with Gasteiger partial charge in [-0.15, -0.1) is 0 Å². The van der Waals surface area contributed by atoms with E-state index in [1.165, 1.54) is 18.5 Å². The molecule has 9 heteroatoms. The highest BCUT2D eigenvalue weighted by Gasteiger charge is 2.26. The highest BCUT2D eigenvalue weighted by atomic mass is 32.2. The number of pyridine rings is 2. The number of nitriles is 1. The van der Waals surface area contributed by atoms with Gasteiger partial charge in [0.25, 0.3) is 0 Å². The van der Waals surface area contributed by atoms with E-state index >= 15 is 0 Å². The molecule has 0 radical (unpaired) electrons. The molecular weight excluding hydrogens is 468 g/mol. The molecule has 1 fully saturated rings. The molecule has 5 heterocycles. The first kappa shape index (κ1) is 22.8. The molecule has 0 atom stereocenters. The molecule has 0 aliphatic heterocycles. The Bertz CT molecular complexity index is 1590. The SMILES string of the molecule is Cc1c(-c2cc(Sc3cccn4cncc34)c3c(C#N)cnn3c2)cnn1C1CCC(N(C)C)CC1. The molecule has 1 aliphatic rings. The minimum absolute atomic E-state index is 0.432. The highest BCUT2D eigenvalue weighted by molar-refractivity contribution is 7.99. The van der Waals surface area contributed by atoms with Gasteiger partial charge in [-0.05, 0) is 64.9 Å². The first-order chi connectivity index (χ1) is 17.5. The van der Waals surface area contributed by atoms with E-state index in [0.717, 1.165) is 44.8 Å². The lowest BCUT2D eigenvalue weighted by Crippen LogP contribution is -2.33. The van der Waals surface area contributed by atoms with Crippen molar-refractivity contribution in [2.24, 2.45) is 0 Å². The third-order valence-electron chi connectivity index (χ3n) is 7.43. The van der Waals surface area contributed by atoms with Gasteiger partial charge in [0.15, 0.2) is 0 Å². The van der Waals surface area contributed by atoms with Crippen molar-refractivity contribution in [3.8, 4) is 17.2 Å². The van der Waals surface area contributed by atoms with Crippen molar-refractivity contribution in [1.29, 1.82) is 5.26 Å². The summed E-state index contributed by atoms with van der Waals surface area (Å²) in [4.78, 5) is 8.69. The lowest BCUT2D eigenvalue weighted by Gasteiger charge is -2.33. The third kappa shape index (κ3) is 3.87. The summed E-state index contributed by atoms with van der Waals surface area (Å²) < 4.78 is 6.05. The van der Waals surface area contributed by atoms with Crippen LogP contribution in [0.15, 0.2) is 65.3 Å². The number of rotatable bonds is 5. The van der Waals surface area contributed by atoms with Crippen molar-refractivity contribution in [3.05, 3.63) is 66.8 Å². The van der Waals surface area contributed by atoms with Gasteiger partial charge in [-0.1, -0.05) is 11.8 Å². The van der Waals surface area contributed by atoms with Gasteiger partial charge >= 0.3 is 0 Å². The monoisotopic (exact) mass is 496 g/mol. The van der Waals surface area contributed by atoms with E-state index < -0.39 is 0 Å². The van der Waals surface area contributed by atoms with Gasteiger partial charge in [-0.25, -0.2) is 9.50 Å². The van der Waals surface area contributed by atoms with Gasteiger partial charge in [0.05, 0.1) is 47.6 Å². The second kappa shape index (κ2) is 9.12. The molecule has 1 saturated carbocycles. The maximum atomic E-state index is 9.74. The summed E-state index contributed by atoms with van der Waals surface area (Å²) in [6.07, 6.45) is 16.0. The average Bonchev–Trinajstić information content (AvgIpc) is 3.62. The molecule has 6 rings (SSSR count). The minimum Gasteiger partial charge on any atom is -0.306 e. The lowest BCUT2D eigenvalue weighted by atomic mass is 9.90. The Hall–Kier alpha value is -3.61. The largest absolute Gasteiger partial charge is 0.306 e. The maximum absolute atomic E-state index is 9.74. The van der Waals surface area contributed by atoms with Gasteiger partial charge in [-0.3, -0.25) is 4.68 Å². The lowest BCUT2D eigenvalue weighted by molar-refractivity contribution is 0.188. The molecule has 0 spiro atoms. The van der Waals surface area contributed by atoms with E-state index in [1.807, 2.05) is 39.8 Å². The highest BCUT2D eigenvalue weighted by Crippen LogP contribution is 2.39. The van der Waals surface area contributed by atoms with Crippen LogP contribution in [0.5, 0.6) is 0 Å². The zero-order valence-corrected chi connectivity index (χ0v) is 21.5. The van der Waals surface area contributed by atoms with Crippen LogP contribution < -0.4 is 0 Å². The summed E-state index contributed by atoms with van der Waals surface area (Å²) in [6.45, 7) is 2.16. The summed E-state index contributed by atoms with van der Waals surface area (Å²) in [6, 6.07) is 9.66. The predicted octanol–water partition coefficient (Wildman–Crippen LogP) is 5.22. The first-order valence-corrected chi connectivity index (χ1v) is 13.1. The summed E-state index contributed by atoms with van der Waals surface area (Å²) in [7, 11) is 4.35. The van der Waals surface area contributed by atoms with Crippen molar-refractivity contribution in [2.75, 3.05) is 14.1 Å². The second-order valence-corrected chi connectivity index (χ2v) is 10.8. The molecule has 5 aromatic rings. The molecule has 0 saturated heterocycles. The van der Waals surface area contributed by atoms with Gasteiger partial charge < -0.3 is 9.30 Å². The van der Waals surface area contributed by atoms with Crippen LogP contribution in [0.1, 0.15) is 43.0 Å². The molecule has 0 bridgehead atoms.